The maximum atomic E-state index is 9.93. The minimum absolute atomic E-state index is 0.196. The van der Waals surface area contributed by atoms with Crippen LogP contribution in [0.15, 0.2) is 60.7 Å². The Hall–Kier alpha value is -0.584. The van der Waals surface area contributed by atoms with E-state index >= 15 is 0 Å². The third-order valence-corrected chi connectivity index (χ3v) is 6.27. The second kappa shape index (κ2) is 14.4. The molecule has 156 valence electrons. The van der Waals surface area contributed by atoms with Crippen molar-refractivity contribution >= 4 is 55.1 Å². The molecule has 0 aliphatic carbocycles. The van der Waals surface area contributed by atoms with E-state index in [4.69, 9.17) is 4.43 Å². The monoisotopic (exact) mass is 580 g/mol. The number of benzene rings is 2. The average Bonchev–Trinajstić information content (AvgIpc) is 2.67. The van der Waals surface area contributed by atoms with E-state index in [1.807, 2.05) is 36.4 Å². The molecular formula is C24H33BrO2SiSn. The molecule has 1 unspecified atom stereocenters. The van der Waals surface area contributed by atoms with Crippen molar-refractivity contribution in [2.24, 2.45) is 0 Å². The second-order valence-electron chi connectivity index (χ2n) is 7.83. The number of alkyl halides is 1. The van der Waals surface area contributed by atoms with Crippen molar-refractivity contribution in [3.8, 4) is 11.8 Å². The van der Waals surface area contributed by atoms with Crippen LogP contribution in [-0.2, 0) is 4.43 Å². The molecule has 5 heteroatoms. The van der Waals surface area contributed by atoms with Gasteiger partial charge in [-0.3, -0.25) is 0 Å². The summed E-state index contributed by atoms with van der Waals surface area (Å²) >= 11 is 2.94. The number of rotatable bonds is 7. The van der Waals surface area contributed by atoms with Crippen LogP contribution in [0.4, 0.5) is 0 Å². The van der Waals surface area contributed by atoms with Crippen molar-refractivity contribution in [1.82, 2.24) is 0 Å². The van der Waals surface area contributed by atoms with E-state index in [1.54, 1.807) is 13.8 Å². The Balaban J connectivity index is 0.000000960. The summed E-state index contributed by atoms with van der Waals surface area (Å²) in [4.78, 5) is 7.09. The zero-order valence-electron chi connectivity index (χ0n) is 18.2. The van der Waals surface area contributed by atoms with Crippen molar-refractivity contribution in [1.29, 1.82) is 0 Å². The Kier molecular flexibility index (Phi) is 13.2. The second-order valence-corrected chi connectivity index (χ2v) is 19.2. The molecule has 2 aromatic carbocycles. The Morgan fingerprint density at radius 3 is 1.83 bits per heavy atom. The van der Waals surface area contributed by atoms with Crippen LogP contribution in [0.25, 0.3) is 0 Å². The molecule has 2 nitrogen and oxygen atoms in total. The van der Waals surface area contributed by atoms with Crippen LogP contribution in [0, 0.1) is 11.8 Å². The summed E-state index contributed by atoms with van der Waals surface area (Å²) in [6.45, 7) is 3.39. The van der Waals surface area contributed by atoms with E-state index in [0.717, 1.165) is 18.2 Å². The molecule has 0 fully saturated rings. The first-order valence-electron chi connectivity index (χ1n) is 9.95. The van der Waals surface area contributed by atoms with Gasteiger partial charge in [-0.25, -0.2) is 0 Å². The van der Waals surface area contributed by atoms with Gasteiger partial charge in [-0.05, 0) is 37.1 Å². The Morgan fingerprint density at radius 2 is 1.45 bits per heavy atom. The molecule has 0 spiro atoms. The van der Waals surface area contributed by atoms with E-state index in [2.05, 4.69) is 66.9 Å². The molecule has 0 heterocycles. The topological polar surface area (TPSA) is 29.5 Å². The normalized spacial score (nSPS) is 12.0. The summed E-state index contributed by atoms with van der Waals surface area (Å²) in [5.74, 6) is 6.07. The first-order chi connectivity index (χ1) is 13.7. The molecule has 0 aliphatic rings. The van der Waals surface area contributed by atoms with Crippen LogP contribution in [-0.4, -0.2) is 50.9 Å². The fraction of sp³-hybridized carbons (Fsp3) is 0.417. The molecule has 0 saturated heterocycles. The summed E-state index contributed by atoms with van der Waals surface area (Å²) < 4.78 is 6.52. The standard InChI is InChI=1S/C21H24BrO2Si.3CH3.Sn/c1-21(2,23)16-15-18(10-9-17-22)24-25(19-11-5-3-6-12-19)20-13-7-4-8-14-20;;;;/h3-8,11-14,18,23H,9-10,17H2,1-2H3;3*1H3;. The molecule has 0 aliphatic heterocycles. The van der Waals surface area contributed by atoms with Gasteiger partial charge in [0.1, 0.15) is 11.7 Å². The number of hydrogen-bond donors (Lipinski definition) is 1. The van der Waals surface area contributed by atoms with Crippen molar-refractivity contribution in [3.05, 3.63) is 60.7 Å². The van der Waals surface area contributed by atoms with Crippen molar-refractivity contribution in [2.75, 3.05) is 5.33 Å². The minimum atomic E-state index is -1.39. The third-order valence-electron chi connectivity index (χ3n) is 3.47. The number of hydrogen-bond acceptors (Lipinski definition) is 2. The summed E-state index contributed by atoms with van der Waals surface area (Å²) in [6.07, 6.45) is 1.62. The van der Waals surface area contributed by atoms with Crippen molar-refractivity contribution < 1.29 is 9.53 Å². The predicted molar refractivity (Wildman–Crippen MR) is 133 cm³/mol. The van der Waals surface area contributed by atoms with E-state index < -0.39 is 34.4 Å². The molecule has 2 aromatic rings. The quantitative estimate of drug-likeness (QED) is 0.297. The zero-order chi connectivity index (χ0) is 21.7. The number of halogens is 1. The van der Waals surface area contributed by atoms with Gasteiger partial charge in [-0.2, -0.15) is 0 Å². The molecule has 1 atom stereocenters. The van der Waals surface area contributed by atoms with Gasteiger partial charge in [0.25, 0.3) is 9.04 Å². The first-order valence-corrected chi connectivity index (χ1v) is 21.0. The Labute approximate surface area is 194 Å². The third kappa shape index (κ3) is 12.7. The SMILES string of the molecule is CC(C)(O)C#CC(CCCBr)O[Si](c1ccccc1)c1ccccc1.[CH3][Sn]([CH3])[CH3]. The summed E-state index contributed by atoms with van der Waals surface area (Å²) in [6, 6.07) is 20.7. The molecule has 0 saturated carbocycles. The van der Waals surface area contributed by atoms with Crippen LogP contribution < -0.4 is 10.4 Å². The van der Waals surface area contributed by atoms with Gasteiger partial charge in [-0.15, -0.1) is 0 Å². The Morgan fingerprint density at radius 1 is 1.00 bits per heavy atom. The van der Waals surface area contributed by atoms with E-state index in [0.29, 0.717) is 0 Å². The van der Waals surface area contributed by atoms with Gasteiger partial charge < -0.3 is 9.53 Å². The molecule has 2 radical (unpaired) electrons. The summed E-state index contributed by atoms with van der Waals surface area (Å²) in [5.41, 5.74) is -1.01. The van der Waals surface area contributed by atoms with E-state index in [9.17, 15) is 5.11 Å². The fourth-order valence-corrected chi connectivity index (χ4v) is 4.69. The molecule has 29 heavy (non-hydrogen) atoms. The summed E-state index contributed by atoms with van der Waals surface area (Å²) in [7, 11) is -1.39. The molecule has 0 bridgehead atoms. The van der Waals surface area contributed by atoms with Crippen LogP contribution >= 0.6 is 15.9 Å². The molecule has 1 N–H and O–H groups in total. The maximum absolute atomic E-state index is 9.93. The molecule has 0 amide bonds. The summed E-state index contributed by atoms with van der Waals surface area (Å²) in [5, 5.41) is 13.2. The predicted octanol–water partition coefficient (Wildman–Crippen LogP) is 4.50. The van der Waals surface area contributed by atoms with E-state index in [-0.39, 0.29) is 6.10 Å². The van der Waals surface area contributed by atoms with Crippen LogP contribution in [0.2, 0.25) is 14.8 Å². The van der Waals surface area contributed by atoms with Gasteiger partial charge in [0.2, 0.25) is 0 Å². The van der Waals surface area contributed by atoms with Crippen LogP contribution in [0.3, 0.4) is 0 Å². The van der Waals surface area contributed by atoms with Crippen molar-refractivity contribution in [2.45, 2.75) is 53.2 Å². The Bertz CT molecular complexity index is 694. The van der Waals surface area contributed by atoms with Crippen LogP contribution in [0.5, 0.6) is 0 Å². The average molecular weight is 580 g/mol. The number of aliphatic hydroxyl groups is 1. The van der Waals surface area contributed by atoms with E-state index in [1.165, 1.54) is 10.4 Å². The van der Waals surface area contributed by atoms with Gasteiger partial charge in [0, 0.05) is 5.33 Å². The van der Waals surface area contributed by atoms with Gasteiger partial charge in [0.15, 0.2) is 0 Å². The van der Waals surface area contributed by atoms with Gasteiger partial charge >= 0.3 is 34.6 Å². The molecule has 0 aromatic heterocycles. The van der Waals surface area contributed by atoms with Gasteiger partial charge in [-0.1, -0.05) is 88.4 Å². The van der Waals surface area contributed by atoms with Crippen molar-refractivity contribution in [3.63, 3.8) is 0 Å². The van der Waals surface area contributed by atoms with Gasteiger partial charge in [0.05, 0.1) is 0 Å². The first kappa shape index (κ1) is 26.5. The fourth-order valence-electron chi connectivity index (χ4n) is 2.30. The molecular weight excluding hydrogens is 547 g/mol. The molecule has 2 rings (SSSR count). The zero-order valence-corrected chi connectivity index (χ0v) is 23.6. The van der Waals surface area contributed by atoms with Crippen LogP contribution in [0.1, 0.15) is 26.7 Å².